The van der Waals surface area contributed by atoms with Crippen molar-refractivity contribution in [3.8, 4) is 5.75 Å². The summed E-state index contributed by atoms with van der Waals surface area (Å²) >= 11 is 0. The molecule has 0 radical (unpaired) electrons. The van der Waals surface area contributed by atoms with E-state index in [0.29, 0.717) is 0 Å². The summed E-state index contributed by atoms with van der Waals surface area (Å²) in [5.74, 6) is 1.86. The number of para-hydroxylation sites is 1. The third kappa shape index (κ3) is 4.10. The highest BCUT2D eigenvalue weighted by Gasteiger charge is 2.10. The molecule has 2 aromatic rings. The number of aromatic nitrogens is 2. The molecule has 2 N–H and O–H groups in total. The average Bonchev–Trinajstić information content (AvgIpc) is 2.84. The Morgan fingerprint density at radius 2 is 2.00 bits per heavy atom. The van der Waals surface area contributed by atoms with Crippen LogP contribution < -0.4 is 10.1 Å². The van der Waals surface area contributed by atoms with E-state index in [-0.39, 0.29) is 5.54 Å². The number of hydrogen-bond acceptors (Lipinski definition) is 3. The summed E-state index contributed by atoms with van der Waals surface area (Å²) in [5, 5.41) is 3.44. The summed E-state index contributed by atoms with van der Waals surface area (Å²) < 4.78 is 5.36. The van der Waals surface area contributed by atoms with Crippen molar-refractivity contribution >= 4 is 0 Å². The van der Waals surface area contributed by atoms with E-state index in [2.05, 4.69) is 42.1 Å². The quantitative estimate of drug-likeness (QED) is 0.880. The van der Waals surface area contributed by atoms with Crippen LogP contribution >= 0.6 is 0 Å². The lowest BCUT2D eigenvalue weighted by molar-refractivity contribution is 0.410. The lowest BCUT2D eigenvalue weighted by Gasteiger charge is -2.19. The number of nitrogens with one attached hydrogen (secondary N) is 2. The largest absolute Gasteiger partial charge is 0.496 e. The topological polar surface area (TPSA) is 49.9 Å². The van der Waals surface area contributed by atoms with Gasteiger partial charge in [-0.25, -0.2) is 4.98 Å². The Hall–Kier alpha value is -1.81. The van der Waals surface area contributed by atoms with Gasteiger partial charge in [-0.1, -0.05) is 18.2 Å². The number of nitrogens with zero attached hydrogens (tertiary/aromatic N) is 1. The van der Waals surface area contributed by atoms with Gasteiger partial charge < -0.3 is 15.0 Å². The van der Waals surface area contributed by atoms with E-state index in [9.17, 15) is 0 Å². The smallest absolute Gasteiger partial charge is 0.122 e. The van der Waals surface area contributed by atoms with Crippen molar-refractivity contribution in [1.29, 1.82) is 0 Å². The Labute approximate surface area is 120 Å². The average molecular weight is 273 g/mol. The third-order valence-corrected chi connectivity index (χ3v) is 3.04. The molecule has 0 amide bonds. The number of aromatic amines is 1. The Bertz CT molecular complexity index is 555. The maximum Gasteiger partial charge on any atom is 0.122 e. The fourth-order valence-corrected chi connectivity index (χ4v) is 1.98. The highest BCUT2D eigenvalue weighted by atomic mass is 16.5. The number of benzene rings is 1. The zero-order chi connectivity index (χ0) is 14.6. The Kier molecular flexibility index (Phi) is 4.45. The maximum absolute atomic E-state index is 5.36. The molecule has 0 saturated heterocycles. The van der Waals surface area contributed by atoms with E-state index in [4.69, 9.17) is 4.74 Å². The number of H-pyrrole nitrogens is 1. The van der Waals surface area contributed by atoms with Crippen LogP contribution in [0.15, 0.2) is 30.5 Å². The summed E-state index contributed by atoms with van der Waals surface area (Å²) in [5.41, 5.74) is 2.35. The maximum atomic E-state index is 5.36. The molecule has 0 aliphatic carbocycles. The highest BCUT2D eigenvalue weighted by Crippen LogP contribution is 2.19. The van der Waals surface area contributed by atoms with Crippen LogP contribution in [-0.2, 0) is 13.0 Å². The lowest BCUT2D eigenvalue weighted by Crippen LogP contribution is -2.35. The van der Waals surface area contributed by atoms with Crippen molar-refractivity contribution in [3.05, 3.63) is 47.5 Å². The first-order chi connectivity index (χ1) is 9.48. The molecule has 1 aromatic carbocycles. The first-order valence-corrected chi connectivity index (χ1v) is 6.87. The molecule has 4 heteroatoms. The van der Waals surface area contributed by atoms with Crippen LogP contribution in [0.4, 0.5) is 0 Å². The zero-order valence-corrected chi connectivity index (χ0v) is 12.7. The van der Waals surface area contributed by atoms with Gasteiger partial charge in [0.25, 0.3) is 0 Å². The molecule has 0 fully saturated rings. The van der Waals surface area contributed by atoms with E-state index in [1.807, 2.05) is 24.4 Å². The van der Waals surface area contributed by atoms with Crippen molar-refractivity contribution in [2.75, 3.05) is 7.11 Å². The predicted molar refractivity (Wildman–Crippen MR) is 81.0 cm³/mol. The number of ether oxygens (including phenoxy) is 1. The fourth-order valence-electron chi connectivity index (χ4n) is 1.98. The van der Waals surface area contributed by atoms with Gasteiger partial charge in [-0.3, -0.25) is 0 Å². The van der Waals surface area contributed by atoms with Crippen molar-refractivity contribution in [2.24, 2.45) is 0 Å². The second-order valence-corrected chi connectivity index (χ2v) is 5.95. The SMILES string of the molecule is COc1ccccc1Cc1ncc(CNC(C)(C)C)[nH]1. The molecule has 0 bridgehead atoms. The van der Waals surface area contributed by atoms with Gasteiger partial charge in [0.15, 0.2) is 0 Å². The summed E-state index contributed by atoms with van der Waals surface area (Å²) in [6, 6.07) is 8.03. The second kappa shape index (κ2) is 6.09. The molecular weight excluding hydrogens is 250 g/mol. The van der Waals surface area contributed by atoms with Crippen LogP contribution in [-0.4, -0.2) is 22.6 Å². The lowest BCUT2D eigenvalue weighted by atomic mass is 10.1. The zero-order valence-electron chi connectivity index (χ0n) is 12.7. The van der Waals surface area contributed by atoms with E-state index >= 15 is 0 Å². The molecule has 0 aliphatic rings. The summed E-state index contributed by atoms with van der Waals surface area (Å²) in [6.07, 6.45) is 2.64. The molecule has 20 heavy (non-hydrogen) atoms. The van der Waals surface area contributed by atoms with E-state index in [0.717, 1.165) is 35.8 Å². The van der Waals surface area contributed by atoms with E-state index in [1.165, 1.54) is 0 Å². The first kappa shape index (κ1) is 14.6. The molecule has 108 valence electrons. The Balaban J connectivity index is 2.02. The van der Waals surface area contributed by atoms with Crippen molar-refractivity contribution in [2.45, 2.75) is 39.3 Å². The number of methoxy groups -OCH3 is 1. The van der Waals surface area contributed by atoms with Gasteiger partial charge in [0.1, 0.15) is 11.6 Å². The monoisotopic (exact) mass is 273 g/mol. The Morgan fingerprint density at radius 3 is 2.70 bits per heavy atom. The van der Waals surface area contributed by atoms with Crippen LogP contribution in [0.3, 0.4) is 0 Å². The molecule has 0 atom stereocenters. The van der Waals surface area contributed by atoms with Crippen LogP contribution in [0.1, 0.15) is 37.9 Å². The minimum absolute atomic E-state index is 0.105. The molecule has 0 spiro atoms. The van der Waals surface area contributed by atoms with Gasteiger partial charge >= 0.3 is 0 Å². The molecule has 2 rings (SSSR count). The molecule has 0 saturated carbocycles. The summed E-state index contributed by atoms with van der Waals surface area (Å²) in [4.78, 5) is 7.79. The number of rotatable bonds is 5. The second-order valence-electron chi connectivity index (χ2n) is 5.95. The predicted octanol–water partition coefficient (Wildman–Crippen LogP) is 2.90. The van der Waals surface area contributed by atoms with Crippen LogP contribution in [0.25, 0.3) is 0 Å². The molecule has 0 aliphatic heterocycles. The minimum atomic E-state index is 0.105. The number of imidazole rings is 1. The van der Waals surface area contributed by atoms with E-state index < -0.39 is 0 Å². The van der Waals surface area contributed by atoms with Gasteiger partial charge in [-0.05, 0) is 26.8 Å². The van der Waals surface area contributed by atoms with E-state index in [1.54, 1.807) is 7.11 Å². The molecule has 0 unspecified atom stereocenters. The van der Waals surface area contributed by atoms with Crippen LogP contribution in [0, 0.1) is 0 Å². The molecular formula is C16H23N3O. The van der Waals surface area contributed by atoms with Gasteiger partial charge in [-0.15, -0.1) is 0 Å². The molecule has 4 nitrogen and oxygen atoms in total. The first-order valence-electron chi connectivity index (χ1n) is 6.87. The minimum Gasteiger partial charge on any atom is -0.496 e. The number of hydrogen-bond donors (Lipinski definition) is 2. The van der Waals surface area contributed by atoms with Crippen molar-refractivity contribution < 1.29 is 4.74 Å². The van der Waals surface area contributed by atoms with Crippen molar-refractivity contribution in [1.82, 2.24) is 15.3 Å². The normalized spacial score (nSPS) is 11.6. The third-order valence-electron chi connectivity index (χ3n) is 3.04. The fraction of sp³-hybridized carbons (Fsp3) is 0.438. The molecule has 1 aromatic heterocycles. The summed E-state index contributed by atoms with van der Waals surface area (Å²) in [6.45, 7) is 7.25. The van der Waals surface area contributed by atoms with Gasteiger partial charge in [-0.2, -0.15) is 0 Å². The Morgan fingerprint density at radius 1 is 1.25 bits per heavy atom. The van der Waals surface area contributed by atoms with Gasteiger partial charge in [0.2, 0.25) is 0 Å². The van der Waals surface area contributed by atoms with Crippen LogP contribution in [0.2, 0.25) is 0 Å². The van der Waals surface area contributed by atoms with Crippen LogP contribution in [0.5, 0.6) is 5.75 Å². The highest BCUT2D eigenvalue weighted by molar-refractivity contribution is 5.35. The summed E-state index contributed by atoms with van der Waals surface area (Å²) in [7, 11) is 1.69. The van der Waals surface area contributed by atoms with Gasteiger partial charge in [0.05, 0.1) is 7.11 Å². The standard InChI is InChI=1S/C16H23N3O/c1-16(2,3)18-11-13-10-17-15(19-13)9-12-7-5-6-8-14(12)20-4/h5-8,10,18H,9,11H2,1-4H3,(H,17,19). The van der Waals surface area contributed by atoms with Crippen molar-refractivity contribution in [3.63, 3.8) is 0 Å². The molecule has 1 heterocycles. The van der Waals surface area contributed by atoms with Gasteiger partial charge in [0, 0.05) is 36.0 Å².